The summed E-state index contributed by atoms with van der Waals surface area (Å²) < 4.78 is 0. The summed E-state index contributed by atoms with van der Waals surface area (Å²) in [5.41, 5.74) is 0. The van der Waals surface area contributed by atoms with Crippen LogP contribution < -0.4 is 5.32 Å². The maximum absolute atomic E-state index is 12.1. The molecule has 5 nitrogen and oxygen atoms in total. The molecule has 2 rings (SSSR count). The van der Waals surface area contributed by atoms with E-state index in [4.69, 9.17) is 0 Å². The molecule has 0 aromatic rings. The number of likely N-dealkylation sites (tertiary alicyclic amines) is 1. The van der Waals surface area contributed by atoms with Crippen LogP contribution in [0.2, 0.25) is 0 Å². The van der Waals surface area contributed by atoms with Gasteiger partial charge in [-0.2, -0.15) is 0 Å². The van der Waals surface area contributed by atoms with E-state index in [9.17, 15) is 9.59 Å². The molecule has 0 spiro atoms. The predicted molar refractivity (Wildman–Crippen MR) is 87.5 cm³/mol. The van der Waals surface area contributed by atoms with Crippen LogP contribution in [0.15, 0.2) is 0 Å². The molecule has 2 aliphatic rings. The van der Waals surface area contributed by atoms with E-state index in [0.29, 0.717) is 25.0 Å². The minimum atomic E-state index is -0.0200. The van der Waals surface area contributed by atoms with Crippen molar-refractivity contribution >= 4 is 11.8 Å². The van der Waals surface area contributed by atoms with E-state index in [1.165, 1.54) is 12.8 Å². The number of hydrogen-bond acceptors (Lipinski definition) is 3. The normalized spacial score (nSPS) is 20.2. The highest BCUT2D eigenvalue weighted by atomic mass is 16.2. The highest BCUT2D eigenvalue weighted by Gasteiger charge is 2.30. The lowest BCUT2D eigenvalue weighted by Crippen LogP contribution is -2.44. The molecule has 0 aromatic heterocycles. The van der Waals surface area contributed by atoms with E-state index in [0.717, 1.165) is 38.8 Å². The number of nitrogens with one attached hydrogen (secondary N) is 1. The number of carbonyl (C=O) groups excluding carboxylic acids is 2. The first-order chi connectivity index (χ1) is 10.6. The summed E-state index contributed by atoms with van der Waals surface area (Å²) in [5.74, 6) is 0.116. The largest absolute Gasteiger partial charge is 0.353 e. The topological polar surface area (TPSA) is 52.7 Å². The lowest BCUT2D eigenvalue weighted by atomic mass is 10.1. The predicted octanol–water partition coefficient (Wildman–Crippen LogP) is 1.77. The number of nitrogens with zero attached hydrogens (tertiary/aromatic N) is 2. The molecular formula is C17H31N3O2. The van der Waals surface area contributed by atoms with Gasteiger partial charge in [0.15, 0.2) is 0 Å². The zero-order valence-corrected chi connectivity index (χ0v) is 14.1. The minimum Gasteiger partial charge on any atom is -0.353 e. The lowest BCUT2D eigenvalue weighted by molar-refractivity contribution is -0.136. The Morgan fingerprint density at radius 3 is 2.68 bits per heavy atom. The summed E-state index contributed by atoms with van der Waals surface area (Å²) in [6.45, 7) is 6.95. The van der Waals surface area contributed by atoms with E-state index < -0.39 is 0 Å². The first-order valence-corrected chi connectivity index (χ1v) is 8.88. The molecule has 0 aromatic carbocycles. The van der Waals surface area contributed by atoms with Gasteiger partial charge in [-0.1, -0.05) is 12.8 Å². The third-order valence-corrected chi connectivity index (χ3v) is 4.63. The molecule has 0 bridgehead atoms. The first kappa shape index (κ1) is 17.3. The number of carbonyl (C=O) groups is 2. The summed E-state index contributed by atoms with van der Waals surface area (Å²) in [6.07, 6.45) is 7.44. The highest BCUT2D eigenvalue weighted by Crippen LogP contribution is 2.27. The van der Waals surface area contributed by atoms with Crippen LogP contribution in [-0.4, -0.2) is 59.9 Å². The Morgan fingerprint density at radius 1 is 1.27 bits per heavy atom. The van der Waals surface area contributed by atoms with Crippen molar-refractivity contribution in [3.8, 4) is 0 Å². The maximum atomic E-state index is 12.1. The first-order valence-electron chi connectivity index (χ1n) is 8.88. The Bertz CT molecular complexity index is 378. The fraction of sp³-hybridized carbons (Fsp3) is 0.882. The summed E-state index contributed by atoms with van der Waals surface area (Å²) in [4.78, 5) is 28.3. The van der Waals surface area contributed by atoms with Crippen LogP contribution in [-0.2, 0) is 9.59 Å². The second kappa shape index (κ2) is 8.51. The zero-order valence-electron chi connectivity index (χ0n) is 14.1. The Hall–Kier alpha value is -1.10. The van der Waals surface area contributed by atoms with Crippen LogP contribution in [0.5, 0.6) is 0 Å². The third kappa shape index (κ3) is 5.59. The van der Waals surface area contributed by atoms with E-state index in [1.807, 2.05) is 0 Å². The van der Waals surface area contributed by atoms with Gasteiger partial charge in [-0.05, 0) is 39.5 Å². The fourth-order valence-corrected chi connectivity index (χ4v) is 3.20. The lowest BCUT2D eigenvalue weighted by Gasteiger charge is -2.27. The van der Waals surface area contributed by atoms with Gasteiger partial charge in [0.2, 0.25) is 11.8 Å². The molecular weight excluding hydrogens is 278 g/mol. The van der Waals surface area contributed by atoms with Gasteiger partial charge in [-0.3, -0.25) is 14.5 Å². The summed E-state index contributed by atoms with van der Waals surface area (Å²) >= 11 is 0. The molecule has 1 saturated heterocycles. The molecule has 0 unspecified atom stereocenters. The van der Waals surface area contributed by atoms with Crippen LogP contribution in [0.4, 0.5) is 0 Å². The Kier molecular flexibility index (Phi) is 6.68. The average Bonchev–Trinajstić information content (AvgIpc) is 3.27. The van der Waals surface area contributed by atoms with Gasteiger partial charge in [-0.15, -0.1) is 0 Å². The Labute approximate surface area is 134 Å². The van der Waals surface area contributed by atoms with Crippen LogP contribution in [0.1, 0.15) is 58.8 Å². The standard InChI is InChI=1S/C17H31N3O2/c1-14(2)20(15-8-9-15)12-10-18-16(21)13-19-11-6-4-3-5-7-17(19)22/h14-15H,3-13H2,1-2H3,(H,18,21). The van der Waals surface area contributed by atoms with Gasteiger partial charge < -0.3 is 10.2 Å². The van der Waals surface area contributed by atoms with Crippen LogP contribution in [0.3, 0.4) is 0 Å². The van der Waals surface area contributed by atoms with E-state index in [1.54, 1.807) is 4.90 Å². The molecule has 22 heavy (non-hydrogen) atoms. The van der Waals surface area contributed by atoms with Crippen LogP contribution in [0.25, 0.3) is 0 Å². The van der Waals surface area contributed by atoms with Gasteiger partial charge in [0, 0.05) is 38.1 Å². The molecule has 2 fully saturated rings. The molecule has 2 amide bonds. The summed E-state index contributed by atoms with van der Waals surface area (Å²) in [6, 6.07) is 1.24. The quantitative estimate of drug-likeness (QED) is 0.780. The highest BCUT2D eigenvalue weighted by molar-refractivity contribution is 5.84. The van der Waals surface area contributed by atoms with Gasteiger partial charge in [0.1, 0.15) is 0 Å². The van der Waals surface area contributed by atoms with Crippen molar-refractivity contribution < 1.29 is 9.59 Å². The van der Waals surface area contributed by atoms with Crippen molar-refractivity contribution in [1.29, 1.82) is 0 Å². The van der Waals surface area contributed by atoms with Crippen LogP contribution >= 0.6 is 0 Å². The molecule has 0 radical (unpaired) electrons. The maximum Gasteiger partial charge on any atom is 0.239 e. The second-order valence-corrected chi connectivity index (χ2v) is 6.89. The van der Waals surface area contributed by atoms with Gasteiger partial charge in [0.05, 0.1) is 6.54 Å². The SMILES string of the molecule is CC(C)N(CCNC(=O)CN1CCCCCCC1=O)C1CC1. The molecule has 1 N–H and O–H groups in total. The van der Waals surface area contributed by atoms with E-state index in [-0.39, 0.29) is 18.4 Å². The summed E-state index contributed by atoms with van der Waals surface area (Å²) in [5, 5.41) is 2.98. The number of rotatable bonds is 7. The van der Waals surface area contributed by atoms with Crippen molar-refractivity contribution in [3.05, 3.63) is 0 Å². The van der Waals surface area contributed by atoms with Crippen molar-refractivity contribution in [2.45, 2.75) is 70.9 Å². The second-order valence-electron chi connectivity index (χ2n) is 6.89. The molecule has 1 saturated carbocycles. The van der Waals surface area contributed by atoms with Crippen molar-refractivity contribution in [3.63, 3.8) is 0 Å². The molecule has 1 aliphatic carbocycles. The Balaban J connectivity index is 1.68. The fourth-order valence-electron chi connectivity index (χ4n) is 3.20. The average molecular weight is 309 g/mol. The Morgan fingerprint density at radius 2 is 2.00 bits per heavy atom. The monoisotopic (exact) mass is 309 g/mol. The van der Waals surface area contributed by atoms with Gasteiger partial charge in [0.25, 0.3) is 0 Å². The van der Waals surface area contributed by atoms with Crippen molar-refractivity contribution in [2.24, 2.45) is 0 Å². The molecule has 1 heterocycles. The number of hydrogen-bond donors (Lipinski definition) is 1. The van der Waals surface area contributed by atoms with Crippen LogP contribution in [0, 0.1) is 0 Å². The van der Waals surface area contributed by atoms with E-state index >= 15 is 0 Å². The third-order valence-electron chi connectivity index (χ3n) is 4.63. The van der Waals surface area contributed by atoms with E-state index in [2.05, 4.69) is 24.1 Å². The van der Waals surface area contributed by atoms with Gasteiger partial charge >= 0.3 is 0 Å². The minimum absolute atomic E-state index is 0.0200. The molecule has 5 heteroatoms. The number of amides is 2. The molecule has 1 aliphatic heterocycles. The smallest absolute Gasteiger partial charge is 0.239 e. The van der Waals surface area contributed by atoms with Gasteiger partial charge in [-0.25, -0.2) is 0 Å². The zero-order chi connectivity index (χ0) is 15.9. The van der Waals surface area contributed by atoms with Crippen molar-refractivity contribution in [1.82, 2.24) is 15.1 Å². The summed E-state index contributed by atoms with van der Waals surface area (Å²) in [7, 11) is 0. The molecule has 126 valence electrons. The van der Waals surface area contributed by atoms with Crippen molar-refractivity contribution in [2.75, 3.05) is 26.2 Å². The molecule has 0 atom stereocenters.